The first-order chi connectivity index (χ1) is 7.99. The van der Waals surface area contributed by atoms with Crippen LogP contribution in [0.4, 0.5) is 0 Å². The van der Waals surface area contributed by atoms with Gasteiger partial charge in [-0.25, -0.2) is 17.9 Å². The van der Waals surface area contributed by atoms with Gasteiger partial charge in [0.05, 0.1) is 0 Å². The van der Waals surface area contributed by atoms with Crippen LogP contribution in [0.15, 0.2) is 16.3 Å². The van der Waals surface area contributed by atoms with Crippen molar-refractivity contribution in [3.63, 3.8) is 0 Å². The number of hydrogen-bond acceptors (Lipinski definition) is 4. The van der Waals surface area contributed by atoms with Crippen LogP contribution >= 0.6 is 11.3 Å². The third kappa shape index (κ3) is 2.85. The van der Waals surface area contributed by atoms with E-state index in [0.717, 1.165) is 30.6 Å². The average molecular weight is 275 g/mol. The third-order valence-electron chi connectivity index (χ3n) is 2.84. The third-order valence-corrected chi connectivity index (χ3v) is 5.83. The standard InChI is InChI=1S/C10H13NO4S2/c12-10(13)8-4-5-9(16-8)17(14,15)11-6-7-2-1-3-7/h4-5,7,11H,1-3,6H2,(H,12,13). The second kappa shape index (κ2) is 4.75. The molecule has 1 aromatic rings. The fourth-order valence-electron chi connectivity index (χ4n) is 1.58. The van der Waals surface area contributed by atoms with E-state index in [4.69, 9.17) is 5.11 Å². The monoisotopic (exact) mass is 275 g/mol. The maximum Gasteiger partial charge on any atom is 0.345 e. The first kappa shape index (κ1) is 12.5. The molecule has 0 bridgehead atoms. The van der Waals surface area contributed by atoms with Crippen LogP contribution in [-0.2, 0) is 10.0 Å². The number of carboxylic acids is 1. The van der Waals surface area contributed by atoms with E-state index in [9.17, 15) is 13.2 Å². The van der Waals surface area contributed by atoms with Gasteiger partial charge in [0.2, 0.25) is 10.0 Å². The van der Waals surface area contributed by atoms with Crippen LogP contribution in [0.1, 0.15) is 28.9 Å². The highest BCUT2D eigenvalue weighted by Gasteiger charge is 2.23. The lowest BCUT2D eigenvalue weighted by atomic mass is 9.86. The van der Waals surface area contributed by atoms with Crippen molar-refractivity contribution in [3.8, 4) is 0 Å². The molecule has 0 unspecified atom stereocenters. The number of nitrogens with one attached hydrogen (secondary N) is 1. The number of thiophene rings is 1. The van der Waals surface area contributed by atoms with Gasteiger partial charge in [0.1, 0.15) is 9.09 Å². The van der Waals surface area contributed by atoms with Crippen molar-refractivity contribution in [2.24, 2.45) is 5.92 Å². The SMILES string of the molecule is O=C(O)c1ccc(S(=O)(=O)NCC2CCC2)s1. The van der Waals surface area contributed by atoms with Gasteiger partial charge in [-0.1, -0.05) is 6.42 Å². The predicted molar refractivity (Wildman–Crippen MR) is 63.8 cm³/mol. The van der Waals surface area contributed by atoms with Crippen LogP contribution in [-0.4, -0.2) is 26.0 Å². The minimum atomic E-state index is -3.54. The van der Waals surface area contributed by atoms with E-state index in [0.29, 0.717) is 12.5 Å². The Morgan fingerprint density at radius 1 is 1.47 bits per heavy atom. The van der Waals surface area contributed by atoms with Gasteiger partial charge >= 0.3 is 5.97 Å². The van der Waals surface area contributed by atoms with Gasteiger partial charge in [-0.2, -0.15) is 0 Å². The Hall–Kier alpha value is -0.920. The molecule has 1 saturated carbocycles. The second-order valence-corrected chi connectivity index (χ2v) is 7.15. The highest BCUT2D eigenvalue weighted by atomic mass is 32.2. The highest BCUT2D eigenvalue weighted by molar-refractivity contribution is 7.91. The van der Waals surface area contributed by atoms with E-state index in [1.165, 1.54) is 12.1 Å². The Labute approximate surface area is 104 Å². The number of rotatable bonds is 5. The average Bonchev–Trinajstić information content (AvgIpc) is 2.63. The van der Waals surface area contributed by atoms with Crippen molar-refractivity contribution in [3.05, 3.63) is 17.0 Å². The summed E-state index contributed by atoms with van der Waals surface area (Å²) in [4.78, 5) is 10.7. The zero-order valence-corrected chi connectivity index (χ0v) is 10.7. The molecular weight excluding hydrogens is 262 g/mol. The summed E-state index contributed by atoms with van der Waals surface area (Å²) in [6.07, 6.45) is 3.29. The van der Waals surface area contributed by atoms with Crippen molar-refractivity contribution in [2.75, 3.05) is 6.54 Å². The molecule has 0 aliphatic heterocycles. The molecule has 94 valence electrons. The van der Waals surface area contributed by atoms with E-state index in [1.54, 1.807) is 0 Å². The maximum atomic E-state index is 11.8. The van der Waals surface area contributed by atoms with E-state index in [-0.39, 0.29) is 9.09 Å². The summed E-state index contributed by atoms with van der Waals surface area (Å²) in [5.74, 6) is -0.667. The van der Waals surface area contributed by atoms with Crippen LogP contribution < -0.4 is 4.72 Å². The van der Waals surface area contributed by atoms with Gasteiger partial charge in [0.15, 0.2) is 0 Å². The fourth-order valence-corrected chi connectivity index (χ4v) is 3.88. The van der Waals surface area contributed by atoms with E-state index >= 15 is 0 Å². The molecule has 2 rings (SSSR count). The lowest BCUT2D eigenvalue weighted by Gasteiger charge is -2.25. The topological polar surface area (TPSA) is 83.5 Å². The Balaban J connectivity index is 2.04. The largest absolute Gasteiger partial charge is 0.477 e. The van der Waals surface area contributed by atoms with Gasteiger partial charge in [-0.3, -0.25) is 0 Å². The molecule has 1 aliphatic rings. The highest BCUT2D eigenvalue weighted by Crippen LogP contribution is 2.26. The summed E-state index contributed by atoms with van der Waals surface area (Å²) in [6.45, 7) is 0.447. The van der Waals surface area contributed by atoms with Crippen LogP contribution in [0, 0.1) is 5.92 Å². The molecule has 0 atom stereocenters. The molecule has 5 nitrogen and oxygen atoms in total. The summed E-state index contributed by atoms with van der Waals surface area (Å²) in [5, 5.41) is 8.72. The van der Waals surface area contributed by atoms with Crippen molar-refractivity contribution >= 4 is 27.3 Å². The number of aromatic carboxylic acids is 1. The summed E-state index contributed by atoms with van der Waals surface area (Å²) in [6, 6.07) is 2.64. The summed E-state index contributed by atoms with van der Waals surface area (Å²) in [5.41, 5.74) is 0. The summed E-state index contributed by atoms with van der Waals surface area (Å²) >= 11 is 0.775. The molecule has 1 aliphatic carbocycles. The summed E-state index contributed by atoms with van der Waals surface area (Å²) < 4.78 is 26.2. The first-order valence-electron chi connectivity index (χ1n) is 5.32. The number of carbonyl (C=O) groups is 1. The maximum absolute atomic E-state index is 11.8. The predicted octanol–water partition coefficient (Wildman–Crippen LogP) is 1.52. The molecule has 0 spiro atoms. The molecule has 1 heterocycles. The Morgan fingerprint density at radius 2 is 2.18 bits per heavy atom. The normalized spacial score (nSPS) is 16.7. The molecule has 2 N–H and O–H groups in total. The van der Waals surface area contributed by atoms with Crippen molar-refractivity contribution in [2.45, 2.75) is 23.5 Å². The lowest BCUT2D eigenvalue weighted by molar-refractivity contribution is 0.0702. The number of carboxylic acid groups (broad SMARTS) is 1. The molecule has 1 fully saturated rings. The van der Waals surface area contributed by atoms with Gasteiger partial charge in [-0.05, 0) is 30.9 Å². The molecule has 0 aromatic carbocycles. The van der Waals surface area contributed by atoms with Crippen molar-refractivity contribution in [1.82, 2.24) is 4.72 Å². The molecular formula is C10H13NO4S2. The van der Waals surface area contributed by atoms with Gasteiger partial charge in [-0.15, -0.1) is 11.3 Å². The molecule has 17 heavy (non-hydrogen) atoms. The van der Waals surface area contributed by atoms with Crippen LogP contribution in [0.5, 0.6) is 0 Å². The Bertz CT molecular complexity index is 516. The molecule has 1 aromatic heterocycles. The van der Waals surface area contributed by atoms with Crippen LogP contribution in [0.3, 0.4) is 0 Å². The second-order valence-electron chi connectivity index (χ2n) is 4.07. The van der Waals surface area contributed by atoms with Gasteiger partial charge in [0.25, 0.3) is 0 Å². The lowest BCUT2D eigenvalue weighted by Crippen LogP contribution is -2.31. The molecule has 0 saturated heterocycles. The van der Waals surface area contributed by atoms with Gasteiger partial charge in [0, 0.05) is 6.54 Å². The smallest absolute Gasteiger partial charge is 0.345 e. The molecule has 0 radical (unpaired) electrons. The fraction of sp³-hybridized carbons (Fsp3) is 0.500. The first-order valence-corrected chi connectivity index (χ1v) is 7.62. The van der Waals surface area contributed by atoms with Crippen LogP contribution in [0.25, 0.3) is 0 Å². The zero-order chi connectivity index (χ0) is 12.5. The van der Waals surface area contributed by atoms with E-state index in [2.05, 4.69) is 4.72 Å². The number of sulfonamides is 1. The van der Waals surface area contributed by atoms with E-state index < -0.39 is 16.0 Å². The summed E-state index contributed by atoms with van der Waals surface area (Å²) in [7, 11) is -3.54. The molecule has 0 amide bonds. The Morgan fingerprint density at radius 3 is 2.65 bits per heavy atom. The minimum absolute atomic E-state index is 0.0361. The van der Waals surface area contributed by atoms with Crippen molar-refractivity contribution < 1.29 is 18.3 Å². The zero-order valence-electron chi connectivity index (χ0n) is 9.05. The van der Waals surface area contributed by atoms with E-state index in [1.807, 2.05) is 0 Å². The molecule has 7 heteroatoms. The van der Waals surface area contributed by atoms with Gasteiger partial charge < -0.3 is 5.11 Å². The van der Waals surface area contributed by atoms with Crippen molar-refractivity contribution in [1.29, 1.82) is 0 Å². The Kier molecular flexibility index (Phi) is 3.50. The number of hydrogen-bond donors (Lipinski definition) is 2. The quantitative estimate of drug-likeness (QED) is 0.853. The van der Waals surface area contributed by atoms with Crippen LogP contribution in [0.2, 0.25) is 0 Å². The minimum Gasteiger partial charge on any atom is -0.477 e.